The fourth-order valence-electron chi connectivity index (χ4n) is 2.77. The molecule has 0 fully saturated rings. The molecular formula is C19H16ClNO2. The van der Waals surface area contributed by atoms with Gasteiger partial charge in [0, 0.05) is 17.5 Å². The van der Waals surface area contributed by atoms with E-state index in [1.54, 1.807) is 18.2 Å². The maximum absolute atomic E-state index is 11.7. The van der Waals surface area contributed by atoms with Gasteiger partial charge < -0.3 is 10.4 Å². The fourth-order valence-corrected chi connectivity index (χ4v) is 2.89. The summed E-state index contributed by atoms with van der Waals surface area (Å²) in [6, 6.07) is 18.1. The van der Waals surface area contributed by atoms with E-state index in [0.717, 1.165) is 16.3 Å². The van der Waals surface area contributed by atoms with Crippen LogP contribution in [0.2, 0.25) is 5.02 Å². The monoisotopic (exact) mass is 325 g/mol. The van der Waals surface area contributed by atoms with Crippen LogP contribution in [0.4, 0.5) is 0 Å². The first-order valence-electron chi connectivity index (χ1n) is 7.29. The summed E-state index contributed by atoms with van der Waals surface area (Å²) in [5.41, 5.74) is 1.54. The molecule has 0 heterocycles. The van der Waals surface area contributed by atoms with Crippen molar-refractivity contribution in [1.29, 1.82) is 0 Å². The van der Waals surface area contributed by atoms with Crippen LogP contribution in [0.15, 0.2) is 60.7 Å². The van der Waals surface area contributed by atoms with E-state index in [4.69, 9.17) is 11.6 Å². The number of phenols is 1. The van der Waals surface area contributed by atoms with Gasteiger partial charge in [0.15, 0.2) is 0 Å². The third-order valence-corrected chi connectivity index (χ3v) is 4.04. The van der Waals surface area contributed by atoms with Gasteiger partial charge in [0.1, 0.15) is 5.75 Å². The third-order valence-electron chi connectivity index (χ3n) is 3.79. The molecule has 0 bridgehead atoms. The molecule has 23 heavy (non-hydrogen) atoms. The highest BCUT2D eigenvalue weighted by Gasteiger charge is 2.21. The number of benzene rings is 3. The van der Waals surface area contributed by atoms with Gasteiger partial charge in [-0.2, -0.15) is 0 Å². The van der Waals surface area contributed by atoms with Crippen LogP contribution in [-0.4, -0.2) is 11.0 Å². The lowest BCUT2D eigenvalue weighted by Gasteiger charge is -2.22. The van der Waals surface area contributed by atoms with Gasteiger partial charge in [0.05, 0.1) is 6.04 Å². The molecular weight excluding hydrogens is 310 g/mol. The largest absolute Gasteiger partial charge is 0.508 e. The summed E-state index contributed by atoms with van der Waals surface area (Å²) in [5.74, 6) is -0.0188. The summed E-state index contributed by atoms with van der Waals surface area (Å²) in [6.45, 7) is 1.46. The zero-order valence-electron chi connectivity index (χ0n) is 12.6. The van der Waals surface area contributed by atoms with Crippen LogP contribution in [0.25, 0.3) is 10.8 Å². The molecule has 0 spiro atoms. The molecule has 3 aromatic rings. The number of hydrogen-bond donors (Lipinski definition) is 2. The van der Waals surface area contributed by atoms with Crippen molar-refractivity contribution in [3.05, 3.63) is 76.8 Å². The summed E-state index contributed by atoms with van der Waals surface area (Å²) in [7, 11) is 0. The SMILES string of the molecule is CC(=O)N[C@@H](c1ccc(Cl)cc1)c1c(O)ccc2ccccc12. The molecule has 3 aromatic carbocycles. The van der Waals surface area contributed by atoms with Crippen molar-refractivity contribution in [1.82, 2.24) is 5.32 Å². The minimum absolute atomic E-state index is 0.150. The Morgan fingerprint density at radius 1 is 1.04 bits per heavy atom. The lowest BCUT2D eigenvalue weighted by Crippen LogP contribution is -2.27. The zero-order valence-corrected chi connectivity index (χ0v) is 13.3. The van der Waals surface area contributed by atoms with Crippen LogP contribution in [0.5, 0.6) is 5.75 Å². The predicted octanol–water partition coefficient (Wildman–Crippen LogP) is 4.42. The Balaban J connectivity index is 2.22. The molecule has 0 aromatic heterocycles. The Hall–Kier alpha value is -2.52. The summed E-state index contributed by atoms with van der Waals surface area (Å²) in [6.07, 6.45) is 0. The maximum Gasteiger partial charge on any atom is 0.217 e. The summed E-state index contributed by atoms with van der Waals surface area (Å²) >= 11 is 5.96. The second-order valence-corrected chi connectivity index (χ2v) is 5.84. The van der Waals surface area contributed by atoms with Gasteiger partial charge in [-0.1, -0.05) is 54.1 Å². The smallest absolute Gasteiger partial charge is 0.217 e. The minimum atomic E-state index is -0.448. The van der Waals surface area contributed by atoms with Crippen molar-refractivity contribution in [3.63, 3.8) is 0 Å². The van der Waals surface area contributed by atoms with E-state index < -0.39 is 6.04 Å². The average molecular weight is 326 g/mol. The summed E-state index contributed by atoms with van der Waals surface area (Å²) in [5, 5.41) is 15.9. The lowest BCUT2D eigenvalue weighted by molar-refractivity contribution is -0.119. The molecule has 0 saturated heterocycles. The van der Waals surface area contributed by atoms with Crippen molar-refractivity contribution in [2.75, 3.05) is 0 Å². The number of aromatic hydroxyl groups is 1. The Morgan fingerprint density at radius 3 is 2.43 bits per heavy atom. The first kappa shape index (κ1) is 15.4. The van der Waals surface area contributed by atoms with E-state index in [0.29, 0.717) is 10.6 Å². The first-order valence-corrected chi connectivity index (χ1v) is 7.67. The summed E-state index contributed by atoms with van der Waals surface area (Å²) < 4.78 is 0. The molecule has 2 N–H and O–H groups in total. The Kier molecular flexibility index (Phi) is 4.22. The van der Waals surface area contributed by atoms with Crippen molar-refractivity contribution >= 4 is 28.3 Å². The van der Waals surface area contributed by atoms with Crippen molar-refractivity contribution in [2.24, 2.45) is 0 Å². The highest BCUT2D eigenvalue weighted by molar-refractivity contribution is 6.30. The van der Waals surface area contributed by atoms with E-state index >= 15 is 0 Å². The second-order valence-electron chi connectivity index (χ2n) is 5.40. The van der Waals surface area contributed by atoms with Crippen LogP contribution in [0.1, 0.15) is 24.1 Å². The van der Waals surface area contributed by atoms with E-state index in [2.05, 4.69) is 5.32 Å². The first-order chi connectivity index (χ1) is 11.1. The molecule has 116 valence electrons. The number of nitrogens with one attached hydrogen (secondary N) is 1. The van der Waals surface area contributed by atoms with Gasteiger partial charge in [-0.25, -0.2) is 0 Å². The molecule has 3 nitrogen and oxygen atoms in total. The molecule has 0 unspecified atom stereocenters. The van der Waals surface area contributed by atoms with Crippen LogP contribution >= 0.6 is 11.6 Å². The van der Waals surface area contributed by atoms with Gasteiger partial charge in [0.2, 0.25) is 5.91 Å². The number of carbonyl (C=O) groups is 1. The number of carbonyl (C=O) groups excluding carboxylic acids is 1. The van der Waals surface area contributed by atoms with E-state index in [1.807, 2.05) is 42.5 Å². The predicted molar refractivity (Wildman–Crippen MR) is 92.7 cm³/mol. The van der Waals surface area contributed by atoms with Crippen molar-refractivity contribution in [3.8, 4) is 5.75 Å². The molecule has 0 aliphatic heterocycles. The minimum Gasteiger partial charge on any atom is -0.508 e. The maximum atomic E-state index is 11.7. The normalized spacial score (nSPS) is 12.1. The van der Waals surface area contributed by atoms with Gasteiger partial charge in [-0.05, 0) is 34.5 Å². The fraction of sp³-hybridized carbons (Fsp3) is 0.105. The standard InChI is InChI=1S/C19H16ClNO2/c1-12(22)21-19(14-6-9-15(20)10-7-14)18-16-5-3-2-4-13(16)8-11-17(18)23/h2-11,19,23H,1H3,(H,21,22)/t19-/m0/s1. The molecule has 1 amide bonds. The third kappa shape index (κ3) is 3.15. The molecule has 0 aliphatic carbocycles. The highest BCUT2D eigenvalue weighted by atomic mass is 35.5. The van der Waals surface area contributed by atoms with Gasteiger partial charge in [0.25, 0.3) is 0 Å². The van der Waals surface area contributed by atoms with Crippen LogP contribution in [-0.2, 0) is 4.79 Å². The zero-order chi connectivity index (χ0) is 16.4. The number of rotatable bonds is 3. The number of fused-ring (bicyclic) bond motifs is 1. The lowest BCUT2D eigenvalue weighted by atomic mass is 9.92. The summed E-state index contributed by atoms with van der Waals surface area (Å²) in [4.78, 5) is 11.7. The van der Waals surface area contributed by atoms with Crippen molar-refractivity contribution < 1.29 is 9.90 Å². The molecule has 0 saturated carbocycles. The van der Waals surface area contributed by atoms with Crippen LogP contribution < -0.4 is 5.32 Å². The van der Waals surface area contributed by atoms with Crippen molar-refractivity contribution in [2.45, 2.75) is 13.0 Å². The number of amides is 1. The molecule has 0 radical (unpaired) electrons. The Bertz CT molecular complexity index is 859. The van der Waals surface area contributed by atoms with Crippen LogP contribution in [0, 0.1) is 0 Å². The molecule has 3 rings (SSSR count). The van der Waals surface area contributed by atoms with Gasteiger partial charge >= 0.3 is 0 Å². The Labute approximate surface area is 139 Å². The van der Waals surface area contributed by atoms with E-state index in [1.165, 1.54) is 6.92 Å². The molecule has 0 aliphatic rings. The molecule has 1 atom stereocenters. The Morgan fingerprint density at radius 2 is 1.74 bits per heavy atom. The van der Waals surface area contributed by atoms with Gasteiger partial charge in [-0.3, -0.25) is 4.79 Å². The average Bonchev–Trinajstić information content (AvgIpc) is 2.54. The van der Waals surface area contributed by atoms with Gasteiger partial charge in [-0.15, -0.1) is 0 Å². The number of hydrogen-bond acceptors (Lipinski definition) is 2. The van der Waals surface area contributed by atoms with E-state index in [-0.39, 0.29) is 11.7 Å². The topological polar surface area (TPSA) is 49.3 Å². The highest BCUT2D eigenvalue weighted by Crippen LogP contribution is 2.36. The number of halogens is 1. The van der Waals surface area contributed by atoms with Crippen LogP contribution in [0.3, 0.4) is 0 Å². The second kappa shape index (κ2) is 6.31. The van der Waals surface area contributed by atoms with E-state index in [9.17, 15) is 9.90 Å². The quantitative estimate of drug-likeness (QED) is 0.748. The number of phenolic OH excluding ortho intramolecular Hbond substituents is 1. The molecule has 4 heteroatoms.